The molecule has 1 aromatic carbocycles. The molecule has 1 aliphatic heterocycles. The Morgan fingerprint density at radius 1 is 1.26 bits per heavy atom. The number of thiophene rings is 1. The summed E-state index contributed by atoms with van der Waals surface area (Å²) in [4.78, 5) is 50.4. The van der Waals surface area contributed by atoms with Gasteiger partial charge >= 0.3 is 5.69 Å². The van der Waals surface area contributed by atoms with Crippen LogP contribution in [0.3, 0.4) is 0 Å². The molecular weight excluding hydrogens is 533 g/mol. The number of nitroso groups, excluding NO2 is 1. The number of hydrogen-bond acceptors (Lipinski definition) is 10. The standard InChI is InChI=1S/C22H21FN6O4S.C2H5NO2/c1-12-17-19(31)28(15-5-7-24-18(15)30)22(32)27(21(17)34-20(12)29-25-8-9-26-29)10-6-13-11-14(23)3-4-16(13)33-2;4-2-1-3-5/h3-4,8-9,11,15H,5-7,10H2,1-2H3,(H,24,30);4H,1-2H2. The zero-order valence-corrected chi connectivity index (χ0v) is 22.0. The Morgan fingerprint density at radius 2 is 2.00 bits per heavy atom. The van der Waals surface area contributed by atoms with Crippen LogP contribution in [0.1, 0.15) is 23.6 Å². The number of amides is 1. The molecule has 2 N–H and O–H groups in total. The lowest BCUT2D eigenvalue weighted by atomic mass is 10.1. The molecule has 206 valence electrons. The SMILES string of the molecule is COc1ccc(F)cc1CCn1c(=O)n(C2CCNC2=O)c(=O)c2c(C)c(-n3nccn3)sc21.O=NCCO. The van der Waals surface area contributed by atoms with Crippen LogP contribution in [0.25, 0.3) is 15.2 Å². The van der Waals surface area contributed by atoms with Crippen LogP contribution in [0.4, 0.5) is 4.39 Å². The number of carbonyl (C=O) groups excluding carboxylic acids is 1. The van der Waals surface area contributed by atoms with E-state index in [-0.39, 0.29) is 32.0 Å². The number of nitrogens with one attached hydrogen (secondary N) is 1. The van der Waals surface area contributed by atoms with E-state index in [1.165, 1.54) is 58.4 Å². The summed E-state index contributed by atoms with van der Waals surface area (Å²) in [6, 6.07) is 3.31. The Balaban J connectivity index is 0.000000648. The Hall–Kier alpha value is -4.24. The highest BCUT2D eigenvalue weighted by molar-refractivity contribution is 7.21. The van der Waals surface area contributed by atoms with Gasteiger partial charge in [-0.2, -0.15) is 15.1 Å². The second kappa shape index (κ2) is 12.1. The summed E-state index contributed by atoms with van der Waals surface area (Å²) >= 11 is 1.22. The van der Waals surface area contributed by atoms with Crippen LogP contribution < -0.4 is 21.3 Å². The van der Waals surface area contributed by atoms with Gasteiger partial charge in [0.15, 0.2) is 0 Å². The molecular formula is C24H26FN7O6S. The number of nitrogens with zero attached hydrogens (tertiary/aromatic N) is 6. The van der Waals surface area contributed by atoms with E-state index in [0.717, 1.165) is 4.57 Å². The van der Waals surface area contributed by atoms with Gasteiger partial charge in [0.1, 0.15) is 34.0 Å². The molecule has 0 radical (unpaired) electrons. The fraction of sp³-hybridized carbons (Fsp3) is 0.375. The van der Waals surface area contributed by atoms with Gasteiger partial charge in [0.05, 0.1) is 31.5 Å². The molecule has 1 amide bonds. The van der Waals surface area contributed by atoms with Crippen LogP contribution in [-0.2, 0) is 17.8 Å². The highest BCUT2D eigenvalue weighted by atomic mass is 32.1. The number of aryl methyl sites for hydroxylation is 3. The number of fused-ring (bicyclic) bond motifs is 1. The van der Waals surface area contributed by atoms with Gasteiger partial charge in [-0.25, -0.2) is 13.8 Å². The van der Waals surface area contributed by atoms with Crippen LogP contribution in [0.5, 0.6) is 5.75 Å². The van der Waals surface area contributed by atoms with Crippen LogP contribution in [0.2, 0.25) is 0 Å². The second-order valence-corrected chi connectivity index (χ2v) is 9.50. The summed E-state index contributed by atoms with van der Waals surface area (Å²) in [6.07, 6.45) is 3.66. The summed E-state index contributed by atoms with van der Waals surface area (Å²) in [5.74, 6) is -0.281. The quantitative estimate of drug-likeness (QED) is 0.305. The Kier molecular flexibility index (Phi) is 8.61. The molecule has 15 heteroatoms. The van der Waals surface area contributed by atoms with Gasteiger partial charge in [-0.1, -0.05) is 16.5 Å². The average molecular weight is 560 g/mol. The number of rotatable bonds is 8. The minimum Gasteiger partial charge on any atom is -0.496 e. The second-order valence-electron chi connectivity index (χ2n) is 8.52. The number of aromatic nitrogens is 5. The monoisotopic (exact) mass is 559 g/mol. The highest BCUT2D eigenvalue weighted by Gasteiger charge is 2.31. The molecule has 4 aromatic rings. The van der Waals surface area contributed by atoms with Gasteiger partial charge in [-0.15, -0.1) is 4.80 Å². The first-order valence-electron chi connectivity index (χ1n) is 12.0. The van der Waals surface area contributed by atoms with Crippen molar-refractivity contribution in [3.63, 3.8) is 0 Å². The smallest absolute Gasteiger partial charge is 0.332 e. The van der Waals surface area contributed by atoms with Crippen LogP contribution >= 0.6 is 11.3 Å². The third kappa shape index (κ3) is 5.49. The van der Waals surface area contributed by atoms with Crippen molar-refractivity contribution < 1.29 is 19.0 Å². The largest absolute Gasteiger partial charge is 0.496 e. The molecule has 1 unspecified atom stereocenters. The maximum atomic E-state index is 13.9. The number of hydrogen-bond donors (Lipinski definition) is 2. The molecule has 1 saturated heterocycles. The van der Waals surface area contributed by atoms with Crippen molar-refractivity contribution in [2.24, 2.45) is 5.18 Å². The Morgan fingerprint density at radius 3 is 2.59 bits per heavy atom. The average Bonchev–Trinajstić information content (AvgIpc) is 3.66. The minimum atomic E-state index is -0.884. The fourth-order valence-electron chi connectivity index (χ4n) is 4.38. The van der Waals surface area contributed by atoms with Crippen molar-refractivity contribution in [1.29, 1.82) is 0 Å². The normalized spacial score (nSPS) is 14.7. The zero-order valence-electron chi connectivity index (χ0n) is 21.2. The zero-order chi connectivity index (χ0) is 28.1. The van der Waals surface area contributed by atoms with E-state index in [1.807, 2.05) is 0 Å². The maximum Gasteiger partial charge on any atom is 0.332 e. The van der Waals surface area contributed by atoms with Crippen molar-refractivity contribution in [2.45, 2.75) is 32.4 Å². The third-order valence-corrected chi connectivity index (χ3v) is 7.47. The molecule has 39 heavy (non-hydrogen) atoms. The summed E-state index contributed by atoms with van der Waals surface area (Å²) in [6.45, 7) is 2.18. The van der Waals surface area contributed by atoms with E-state index >= 15 is 0 Å². The van der Waals surface area contributed by atoms with Gasteiger partial charge in [-0.05, 0) is 43.5 Å². The van der Waals surface area contributed by atoms with E-state index in [9.17, 15) is 18.8 Å². The van der Waals surface area contributed by atoms with Crippen molar-refractivity contribution in [1.82, 2.24) is 29.4 Å². The number of aliphatic hydroxyl groups is 1. The molecule has 5 rings (SSSR count). The first kappa shape index (κ1) is 27.8. The molecule has 0 aliphatic carbocycles. The third-order valence-electron chi connectivity index (χ3n) is 6.19. The topological polar surface area (TPSA) is 163 Å². The molecule has 3 aromatic heterocycles. The molecule has 1 aliphatic rings. The molecule has 0 bridgehead atoms. The number of benzene rings is 1. The number of methoxy groups -OCH3 is 1. The summed E-state index contributed by atoms with van der Waals surface area (Å²) < 4.78 is 21.7. The molecule has 1 fully saturated rings. The van der Waals surface area contributed by atoms with Gasteiger partial charge in [0.2, 0.25) is 5.91 Å². The molecule has 4 heterocycles. The minimum absolute atomic E-state index is 0.0139. The Bertz CT molecular complexity index is 1610. The van der Waals surface area contributed by atoms with E-state index < -0.39 is 23.1 Å². The lowest BCUT2D eigenvalue weighted by molar-refractivity contribution is -0.122. The predicted octanol–water partition coefficient (Wildman–Crippen LogP) is 1.31. The summed E-state index contributed by atoms with van der Waals surface area (Å²) in [7, 11) is 1.49. The van der Waals surface area contributed by atoms with Gasteiger partial charge in [0, 0.05) is 18.7 Å². The molecule has 1 atom stereocenters. The van der Waals surface area contributed by atoms with E-state index in [1.54, 1.807) is 6.92 Å². The highest BCUT2D eigenvalue weighted by Crippen LogP contribution is 2.31. The van der Waals surface area contributed by atoms with E-state index in [2.05, 4.69) is 20.7 Å². The maximum absolute atomic E-state index is 13.9. The molecule has 13 nitrogen and oxygen atoms in total. The number of ether oxygens (including phenoxy) is 1. The number of aliphatic hydroxyl groups excluding tert-OH is 1. The van der Waals surface area contributed by atoms with Crippen LogP contribution in [0.15, 0.2) is 45.4 Å². The van der Waals surface area contributed by atoms with E-state index in [0.29, 0.717) is 45.1 Å². The van der Waals surface area contributed by atoms with Gasteiger partial charge in [0.25, 0.3) is 5.56 Å². The first-order valence-corrected chi connectivity index (χ1v) is 12.8. The molecule has 0 spiro atoms. The number of halogens is 1. The predicted molar refractivity (Wildman–Crippen MR) is 141 cm³/mol. The van der Waals surface area contributed by atoms with Crippen molar-refractivity contribution in [3.8, 4) is 10.8 Å². The van der Waals surface area contributed by atoms with Crippen molar-refractivity contribution in [2.75, 3.05) is 26.8 Å². The van der Waals surface area contributed by atoms with Crippen LogP contribution in [-0.4, -0.2) is 61.9 Å². The van der Waals surface area contributed by atoms with Crippen molar-refractivity contribution >= 4 is 27.5 Å². The van der Waals surface area contributed by atoms with Gasteiger partial charge < -0.3 is 15.2 Å². The lowest BCUT2D eigenvalue weighted by Crippen LogP contribution is -2.44. The molecule has 0 saturated carbocycles. The lowest BCUT2D eigenvalue weighted by Gasteiger charge is -2.16. The number of carbonyl (C=O) groups is 1. The fourth-order valence-corrected chi connectivity index (χ4v) is 5.62. The van der Waals surface area contributed by atoms with Crippen molar-refractivity contribution in [3.05, 3.63) is 73.3 Å². The summed E-state index contributed by atoms with van der Waals surface area (Å²) in [5, 5.41) is 22.1. The Labute approximate surface area is 224 Å². The summed E-state index contributed by atoms with van der Waals surface area (Å²) in [5.41, 5.74) is 0.0940. The first-order chi connectivity index (χ1) is 18.8. The van der Waals surface area contributed by atoms with E-state index in [4.69, 9.17) is 14.8 Å². The van der Waals surface area contributed by atoms with Gasteiger partial charge in [-0.3, -0.25) is 14.2 Å². The van der Waals surface area contributed by atoms with Crippen LogP contribution in [0, 0.1) is 17.6 Å².